The van der Waals surface area contributed by atoms with E-state index in [9.17, 15) is 19.7 Å². The van der Waals surface area contributed by atoms with Crippen molar-refractivity contribution in [2.24, 2.45) is 0 Å². The predicted octanol–water partition coefficient (Wildman–Crippen LogP) is 2.14. The first-order chi connectivity index (χ1) is 12.0. The molecule has 0 bridgehead atoms. The van der Waals surface area contributed by atoms with Gasteiger partial charge in [-0.2, -0.15) is 0 Å². The minimum Gasteiger partial charge on any atom is -0.352 e. The summed E-state index contributed by atoms with van der Waals surface area (Å²) in [5, 5.41) is 14.0. The van der Waals surface area contributed by atoms with E-state index >= 15 is 0 Å². The maximum absolute atomic E-state index is 12.5. The number of aromatic nitrogens is 2. The normalized spacial score (nSPS) is 15.7. The molecule has 0 spiro atoms. The molecule has 1 fully saturated rings. The molecule has 0 radical (unpaired) electrons. The van der Waals surface area contributed by atoms with Crippen LogP contribution in [0.25, 0.3) is 10.9 Å². The van der Waals surface area contributed by atoms with Gasteiger partial charge in [0.1, 0.15) is 6.54 Å². The molecule has 3 rings (SSSR count). The van der Waals surface area contributed by atoms with Gasteiger partial charge in [-0.1, -0.05) is 25.7 Å². The number of rotatable bonds is 4. The van der Waals surface area contributed by atoms with Crippen LogP contribution in [0.3, 0.4) is 0 Å². The summed E-state index contributed by atoms with van der Waals surface area (Å²) in [4.78, 5) is 39.0. The Labute approximate surface area is 144 Å². The third-order valence-electron chi connectivity index (χ3n) is 4.55. The van der Waals surface area contributed by atoms with Crippen LogP contribution < -0.4 is 10.9 Å². The summed E-state index contributed by atoms with van der Waals surface area (Å²) in [7, 11) is 0. The first-order valence-electron chi connectivity index (χ1n) is 8.47. The number of carbonyl (C=O) groups excluding carboxylic acids is 1. The zero-order valence-electron chi connectivity index (χ0n) is 13.8. The first kappa shape index (κ1) is 17.1. The fourth-order valence-corrected chi connectivity index (χ4v) is 3.22. The Kier molecular flexibility index (Phi) is 5.06. The minimum absolute atomic E-state index is 0.102. The van der Waals surface area contributed by atoms with Crippen LogP contribution in [0.4, 0.5) is 5.69 Å². The third-order valence-corrected chi connectivity index (χ3v) is 4.55. The maximum atomic E-state index is 12.5. The summed E-state index contributed by atoms with van der Waals surface area (Å²) in [5.74, 6) is -0.211. The fourth-order valence-electron chi connectivity index (χ4n) is 3.22. The third kappa shape index (κ3) is 4.01. The summed E-state index contributed by atoms with van der Waals surface area (Å²) in [6.07, 6.45) is 7.84. The topological polar surface area (TPSA) is 107 Å². The molecule has 0 aliphatic heterocycles. The molecular weight excluding hydrogens is 324 g/mol. The quantitative estimate of drug-likeness (QED) is 0.519. The molecule has 0 saturated heterocycles. The van der Waals surface area contributed by atoms with Crippen LogP contribution in [-0.4, -0.2) is 26.4 Å². The molecule has 1 heterocycles. The Bertz CT molecular complexity index is 853. The molecule has 0 unspecified atom stereocenters. The Balaban J connectivity index is 1.75. The fraction of sp³-hybridized carbons (Fsp3) is 0.471. The molecule has 25 heavy (non-hydrogen) atoms. The number of nitrogens with one attached hydrogen (secondary N) is 1. The monoisotopic (exact) mass is 344 g/mol. The second kappa shape index (κ2) is 7.42. The lowest BCUT2D eigenvalue weighted by Crippen LogP contribution is -2.38. The Morgan fingerprint density at radius 1 is 1.28 bits per heavy atom. The average molecular weight is 344 g/mol. The lowest BCUT2D eigenvalue weighted by molar-refractivity contribution is -0.384. The Hall–Kier alpha value is -2.77. The van der Waals surface area contributed by atoms with Crippen molar-refractivity contribution in [2.75, 3.05) is 0 Å². The molecule has 1 saturated carbocycles. The van der Waals surface area contributed by atoms with Gasteiger partial charge in [0.05, 0.1) is 22.2 Å². The molecule has 132 valence electrons. The summed E-state index contributed by atoms with van der Waals surface area (Å²) in [6, 6.07) is 4.07. The highest BCUT2D eigenvalue weighted by molar-refractivity contribution is 5.80. The molecule has 1 aromatic carbocycles. The van der Waals surface area contributed by atoms with Crippen molar-refractivity contribution in [3.8, 4) is 0 Å². The summed E-state index contributed by atoms with van der Waals surface area (Å²) < 4.78 is 1.24. The van der Waals surface area contributed by atoms with Crippen LogP contribution in [0.2, 0.25) is 0 Å². The molecule has 1 N–H and O–H groups in total. The van der Waals surface area contributed by atoms with E-state index in [1.807, 2.05) is 0 Å². The lowest BCUT2D eigenvalue weighted by atomic mass is 10.1. The van der Waals surface area contributed by atoms with Crippen molar-refractivity contribution >= 4 is 22.5 Å². The highest BCUT2D eigenvalue weighted by atomic mass is 16.6. The van der Waals surface area contributed by atoms with Gasteiger partial charge in [0.25, 0.3) is 11.2 Å². The smallest absolute Gasteiger partial charge is 0.271 e. The number of non-ortho nitro benzene ring substituents is 1. The van der Waals surface area contributed by atoms with E-state index in [0.29, 0.717) is 0 Å². The number of fused-ring (bicyclic) bond motifs is 1. The van der Waals surface area contributed by atoms with E-state index in [1.165, 1.54) is 41.9 Å². The first-order valence-corrected chi connectivity index (χ1v) is 8.47. The van der Waals surface area contributed by atoms with Crippen molar-refractivity contribution < 1.29 is 9.72 Å². The molecule has 0 atom stereocenters. The summed E-state index contributed by atoms with van der Waals surface area (Å²) in [5.41, 5.74) is -0.251. The minimum atomic E-state index is -0.535. The zero-order chi connectivity index (χ0) is 17.8. The standard InChI is InChI=1S/C17H20N4O4/c22-16(19-12-5-3-1-2-4-6-12)10-20-11-18-15-9-13(21(24)25)7-8-14(15)17(20)23/h7-9,11-12H,1-6,10H2,(H,19,22). The van der Waals surface area contributed by atoms with Crippen molar-refractivity contribution in [2.45, 2.75) is 51.1 Å². The summed E-state index contributed by atoms with van der Waals surface area (Å²) >= 11 is 0. The lowest BCUT2D eigenvalue weighted by Gasteiger charge is -2.16. The second-order valence-corrected chi connectivity index (χ2v) is 6.39. The van der Waals surface area contributed by atoms with Crippen LogP contribution in [0, 0.1) is 10.1 Å². The van der Waals surface area contributed by atoms with E-state index in [0.717, 1.165) is 25.7 Å². The number of carbonyl (C=O) groups is 1. The Morgan fingerprint density at radius 3 is 2.68 bits per heavy atom. The number of hydrogen-bond donors (Lipinski definition) is 1. The van der Waals surface area contributed by atoms with Crippen LogP contribution in [0.1, 0.15) is 38.5 Å². The van der Waals surface area contributed by atoms with Gasteiger partial charge >= 0.3 is 0 Å². The predicted molar refractivity (Wildman–Crippen MR) is 92.3 cm³/mol. The number of nitrogens with zero attached hydrogens (tertiary/aromatic N) is 3. The number of nitro benzene ring substituents is 1. The maximum Gasteiger partial charge on any atom is 0.271 e. The van der Waals surface area contributed by atoms with E-state index in [2.05, 4.69) is 10.3 Å². The average Bonchev–Trinajstić information content (AvgIpc) is 2.85. The molecule has 2 aromatic rings. The van der Waals surface area contributed by atoms with E-state index in [4.69, 9.17) is 0 Å². The van der Waals surface area contributed by atoms with E-state index in [1.54, 1.807) is 0 Å². The van der Waals surface area contributed by atoms with Gasteiger partial charge in [0.2, 0.25) is 5.91 Å². The van der Waals surface area contributed by atoms with E-state index < -0.39 is 4.92 Å². The highest BCUT2D eigenvalue weighted by Gasteiger charge is 2.16. The number of amides is 1. The second-order valence-electron chi connectivity index (χ2n) is 6.39. The van der Waals surface area contributed by atoms with Crippen molar-refractivity contribution in [1.82, 2.24) is 14.9 Å². The summed E-state index contributed by atoms with van der Waals surface area (Å²) in [6.45, 7) is -0.102. The van der Waals surface area contributed by atoms with Gasteiger partial charge in [-0.3, -0.25) is 24.3 Å². The molecule has 1 aliphatic rings. The van der Waals surface area contributed by atoms with Gasteiger partial charge in [-0.15, -0.1) is 0 Å². The van der Waals surface area contributed by atoms with Crippen molar-refractivity contribution in [1.29, 1.82) is 0 Å². The molecule has 8 heteroatoms. The van der Waals surface area contributed by atoms with E-state index in [-0.39, 0.29) is 40.6 Å². The SMILES string of the molecule is O=C(Cn1cnc2cc([N+](=O)[O-])ccc2c1=O)NC1CCCCCC1. The molecular formula is C17H20N4O4. The van der Waals surface area contributed by atoms with Gasteiger partial charge in [0, 0.05) is 18.2 Å². The van der Waals surface area contributed by atoms with Gasteiger partial charge in [0.15, 0.2) is 0 Å². The number of nitro groups is 1. The van der Waals surface area contributed by atoms with Crippen LogP contribution in [0.15, 0.2) is 29.3 Å². The number of hydrogen-bond acceptors (Lipinski definition) is 5. The largest absolute Gasteiger partial charge is 0.352 e. The molecule has 8 nitrogen and oxygen atoms in total. The molecule has 1 aliphatic carbocycles. The van der Waals surface area contributed by atoms with Crippen LogP contribution in [0.5, 0.6) is 0 Å². The van der Waals surface area contributed by atoms with Gasteiger partial charge < -0.3 is 5.32 Å². The van der Waals surface area contributed by atoms with Crippen molar-refractivity contribution in [3.05, 3.63) is 45.0 Å². The zero-order valence-corrected chi connectivity index (χ0v) is 13.8. The van der Waals surface area contributed by atoms with Crippen LogP contribution in [-0.2, 0) is 11.3 Å². The highest BCUT2D eigenvalue weighted by Crippen LogP contribution is 2.18. The Morgan fingerprint density at radius 2 is 2.00 bits per heavy atom. The van der Waals surface area contributed by atoms with Crippen LogP contribution >= 0.6 is 0 Å². The number of benzene rings is 1. The molecule has 1 aromatic heterocycles. The van der Waals surface area contributed by atoms with Crippen molar-refractivity contribution in [3.63, 3.8) is 0 Å². The van der Waals surface area contributed by atoms with Gasteiger partial charge in [-0.25, -0.2) is 4.98 Å². The van der Waals surface area contributed by atoms with Gasteiger partial charge in [-0.05, 0) is 18.9 Å². The molecule has 1 amide bonds.